The molecule has 3 aromatic rings. The second-order valence-corrected chi connectivity index (χ2v) is 5.81. The van der Waals surface area contributed by atoms with Gasteiger partial charge in [-0.2, -0.15) is 0 Å². The summed E-state index contributed by atoms with van der Waals surface area (Å²) in [5.41, 5.74) is 7.91. The third-order valence-corrected chi connectivity index (χ3v) is 3.69. The van der Waals surface area contributed by atoms with E-state index >= 15 is 0 Å². The molecule has 0 atom stereocenters. The van der Waals surface area contributed by atoms with Crippen LogP contribution in [0.2, 0.25) is 5.02 Å². The van der Waals surface area contributed by atoms with E-state index in [0.717, 1.165) is 11.3 Å². The minimum Gasteiger partial charge on any atom is -0.349 e. The van der Waals surface area contributed by atoms with E-state index in [9.17, 15) is 4.79 Å². The normalized spacial score (nSPS) is 10.0. The summed E-state index contributed by atoms with van der Waals surface area (Å²) in [6.07, 6.45) is 3.21. The molecule has 27 heavy (non-hydrogen) atoms. The average molecular weight is 405 g/mol. The first-order valence-electron chi connectivity index (χ1n) is 7.96. The van der Waals surface area contributed by atoms with Gasteiger partial charge in [0, 0.05) is 41.8 Å². The van der Waals surface area contributed by atoms with E-state index in [0.29, 0.717) is 35.4 Å². The van der Waals surface area contributed by atoms with Crippen molar-refractivity contribution in [2.45, 2.75) is 0 Å². The van der Waals surface area contributed by atoms with Crippen molar-refractivity contribution in [2.24, 2.45) is 5.73 Å². The van der Waals surface area contributed by atoms with E-state index in [4.69, 9.17) is 17.3 Å². The molecule has 0 saturated heterocycles. The number of nitrogens with one attached hydrogen (secondary N) is 2. The standard InChI is InChI=1S/C18H17ClN6O.ClH/c19-13-2-1-3-14(11-13)24-18-23-8-5-15(25-18)12-4-7-21-16(10-12)17(26)22-9-6-20;/h1-5,7-8,10-11H,6,9,20H2,(H,22,26)(H,23,24,25);1H. The fourth-order valence-corrected chi connectivity index (χ4v) is 2.46. The summed E-state index contributed by atoms with van der Waals surface area (Å²) >= 11 is 5.99. The van der Waals surface area contributed by atoms with Crippen LogP contribution in [0.3, 0.4) is 0 Å². The highest BCUT2D eigenvalue weighted by Crippen LogP contribution is 2.21. The van der Waals surface area contributed by atoms with Crippen LogP contribution in [0.5, 0.6) is 0 Å². The third kappa shape index (κ3) is 5.62. The van der Waals surface area contributed by atoms with Crippen molar-refractivity contribution in [2.75, 3.05) is 18.4 Å². The first-order chi connectivity index (χ1) is 12.7. The maximum atomic E-state index is 12.0. The molecule has 0 aliphatic carbocycles. The Bertz CT molecular complexity index is 922. The molecule has 4 N–H and O–H groups in total. The molecule has 0 bridgehead atoms. The molecule has 0 saturated carbocycles. The molecule has 1 amide bonds. The molecular formula is C18H18Cl2N6O. The van der Waals surface area contributed by atoms with Gasteiger partial charge in [0.2, 0.25) is 5.95 Å². The first kappa shape index (κ1) is 20.6. The van der Waals surface area contributed by atoms with Crippen molar-refractivity contribution < 1.29 is 4.79 Å². The van der Waals surface area contributed by atoms with Gasteiger partial charge in [0.25, 0.3) is 5.91 Å². The molecule has 0 radical (unpaired) electrons. The summed E-state index contributed by atoms with van der Waals surface area (Å²) in [7, 11) is 0. The van der Waals surface area contributed by atoms with Gasteiger partial charge < -0.3 is 16.4 Å². The van der Waals surface area contributed by atoms with Gasteiger partial charge in [-0.25, -0.2) is 9.97 Å². The van der Waals surface area contributed by atoms with E-state index in [2.05, 4.69) is 25.6 Å². The minimum atomic E-state index is -0.274. The number of hydrogen-bond donors (Lipinski definition) is 3. The number of halogens is 2. The van der Waals surface area contributed by atoms with Crippen LogP contribution in [0.1, 0.15) is 10.5 Å². The number of carbonyl (C=O) groups excluding carboxylic acids is 1. The Kier molecular flexibility index (Phi) is 7.48. The van der Waals surface area contributed by atoms with Gasteiger partial charge >= 0.3 is 0 Å². The van der Waals surface area contributed by atoms with Crippen molar-refractivity contribution in [3.05, 3.63) is 65.6 Å². The number of anilines is 2. The number of carbonyl (C=O) groups is 1. The number of amides is 1. The lowest BCUT2D eigenvalue weighted by Gasteiger charge is -2.08. The Morgan fingerprint density at radius 1 is 1.11 bits per heavy atom. The lowest BCUT2D eigenvalue weighted by atomic mass is 10.1. The van der Waals surface area contributed by atoms with Crippen LogP contribution in [0.4, 0.5) is 11.6 Å². The largest absolute Gasteiger partial charge is 0.349 e. The van der Waals surface area contributed by atoms with Crippen molar-refractivity contribution in [1.29, 1.82) is 0 Å². The summed E-state index contributed by atoms with van der Waals surface area (Å²) in [5.74, 6) is 0.152. The van der Waals surface area contributed by atoms with E-state index in [1.54, 1.807) is 42.7 Å². The van der Waals surface area contributed by atoms with Crippen LogP contribution >= 0.6 is 24.0 Å². The number of aromatic nitrogens is 3. The molecule has 2 aromatic heterocycles. The fourth-order valence-electron chi connectivity index (χ4n) is 2.27. The second-order valence-electron chi connectivity index (χ2n) is 5.38. The highest BCUT2D eigenvalue weighted by atomic mass is 35.5. The van der Waals surface area contributed by atoms with E-state index in [1.165, 1.54) is 0 Å². The van der Waals surface area contributed by atoms with Gasteiger partial charge in [-0.05, 0) is 36.4 Å². The summed E-state index contributed by atoms with van der Waals surface area (Å²) < 4.78 is 0. The zero-order valence-corrected chi connectivity index (χ0v) is 15.8. The van der Waals surface area contributed by atoms with Gasteiger partial charge in [0.05, 0.1) is 5.69 Å². The summed E-state index contributed by atoms with van der Waals surface area (Å²) in [6, 6.07) is 12.5. The molecule has 0 unspecified atom stereocenters. The smallest absolute Gasteiger partial charge is 0.269 e. The zero-order chi connectivity index (χ0) is 18.4. The predicted octanol–water partition coefficient (Wildman–Crippen LogP) is 3.05. The number of benzene rings is 1. The lowest BCUT2D eigenvalue weighted by molar-refractivity contribution is 0.0950. The molecular weight excluding hydrogens is 387 g/mol. The highest BCUT2D eigenvalue weighted by Gasteiger charge is 2.09. The van der Waals surface area contributed by atoms with Gasteiger partial charge in [-0.15, -0.1) is 12.4 Å². The maximum absolute atomic E-state index is 12.0. The summed E-state index contributed by atoms with van der Waals surface area (Å²) in [6.45, 7) is 0.766. The molecule has 1 aromatic carbocycles. The van der Waals surface area contributed by atoms with E-state index < -0.39 is 0 Å². The number of nitrogens with two attached hydrogens (primary N) is 1. The van der Waals surface area contributed by atoms with Gasteiger partial charge in [-0.3, -0.25) is 9.78 Å². The zero-order valence-electron chi connectivity index (χ0n) is 14.2. The Balaban J connectivity index is 0.00000261. The molecule has 0 spiro atoms. The Morgan fingerprint density at radius 2 is 1.93 bits per heavy atom. The maximum Gasteiger partial charge on any atom is 0.269 e. The van der Waals surface area contributed by atoms with Crippen LogP contribution in [0.25, 0.3) is 11.3 Å². The van der Waals surface area contributed by atoms with Crippen LogP contribution in [0, 0.1) is 0 Å². The van der Waals surface area contributed by atoms with Gasteiger partial charge in [-0.1, -0.05) is 17.7 Å². The van der Waals surface area contributed by atoms with Crippen molar-refractivity contribution in [3.8, 4) is 11.3 Å². The topological polar surface area (TPSA) is 106 Å². The van der Waals surface area contributed by atoms with Crippen LogP contribution < -0.4 is 16.4 Å². The summed E-state index contributed by atoms with van der Waals surface area (Å²) in [5, 5.41) is 6.42. The number of rotatable bonds is 6. The number of nitrogens with zero attached hydrogens (tertiary/aromatic N) is 3. The molecule has 0 aliphatic rings. The Hall–Kier alpha value is -2.74. The van der Waals surface area contributed by atoms with Crippen LogP contribution in [-0.2, 0) is 0 Å². The lowest BCUT2D eigenvalue weighted by Crippen LogP contribution is -2.29. The Morgan fingerprint density at radius 3 is 2.70 bits per heavy atom. The third-order valence-electron chi connectivity index (χ3n) is 3.45. The number of pyridine rings is 1. The van der Waals surface area contributed by atoms with Gasteiger partial charge in [0.1, 0.15) is 5.69 Å². The van der Waals surface area contributed by atoms with Crippen molar-refractivity contribution in [1.82, 2.24) is 20.3 Å². The second kappa shape index (κ2) is 9.82. The predicted molar refractivity (Wildman–Crippen MR) is 109 cm³/mol. The molecule has 3 rings (SSSR count). The first-order valence-corrected chi connectivity index (χ1v) is 8.34. The van der Waals surface area contributed by atoms with Crippen molar-refractivity contribution in [3.63, 3.8) is 0 Å². The minimum absolute atomic E-state index is 0. The highest BCUT2D eigenvalue weighted by molar-refractivity contribution is 6.30. The quantitative estimate of drug-likeness (QED) is 0.582. The van der Waals surface area contributed by atoms with Gasteiger partial charge in [0.15, 0.2) is 0 Å². The monoisotopic (exact) mass is 404 g/mol. The Labute approximate surface area is 167 Å². The number of hydrogen-bond acceptors (Lipinski definition) is 6. The molecule has 140 valence electrons. The SMILES string of the molecule is Cl.NCCNC(=O)c1cc(-c2ccnc(Nc3cccc(Cl)c3)n2)ccn1. The summed E-state index contributed by atoms with van der Waals surface area (Å²) in [4.78, 5) is 24.8. The molecule has 0 fully saturated rings. The van der Waals surface area contributed by atoms with Crippen LogP contribution in [-0.4, -0.2) is 33.9 Å². The molecule has 2 heterocycles. The molecule has 0 aliphatic heterocycles. The molecule has 9 heteroatoms. The molecule has 7 nitrogen and oxygen atoms in total. The van der Waals surface area contributed by atoms with E-state index in [1.807, 2.05) is 12.1 Å². The van der Waals surface area contributed by atoms with Crippen LogP contribution in [0.15, 0.2) is 54.9 Å². The average Bonchev–Trinajstić information content (AvgIpc) is 2.66. The van der Waals surface area contributed by atoms with E-state index in [-0.39, 0.29) is 18.3 Å². The fraction of sp³-hybridized carbons (Fsp3) is 0.111. The van der Waals surface area contributed by atoms with Crippen molar-refractivity contribution >= 4 is 41.6 Å².